The topological polar surface area (TPSA) is 117 Å². The molecular weight excluding hydrogens is 508 g/mol. The Kier molecular flexibility index (Phi) is 7.09. The fourth-order valence-corrected chi connectivity index (χ4v) is 5.32. The van der Waals surface area contributed by atoms with Crippen molar-refractivity contribution in [3.8, 4) is 17.2 Å². The van der Waals surface area contributed by atoms with Crippen LogP contribution in [0.4, 0.5) is 0 Å². The van der Waals surface area contributed by atoms with Crippen LogP contribution in [-0.4, -0.2) is 46.4 Å². The van der Waals surface area contributed by atoms with Crippen molar-refractivity contribution in [2.45, 2.75) is 31.7 Å². The maximum Gasteiger partial charge on any atom is 0.323 e. The molecule has 8 rings (SSSR count). The van der Waals surface area contributed by atoms with Gasteiger partial charge in [-0.25, -0.2) is 4.79 Å². The van der Waals surface area contributed by atoms with Crippen LogP contribution in [-0.2, 0) is 17.6 Å². The Bertz CT molecular complexity index is 1590. The van der Waals surface area contributed by atoms with Crippen LogP contribution in [0, 0.1) is 0 Å². The predicted molar refractivity (Wildman–Crippen MR) is 149 cm³/mol. The number of carbonyl (C=O) groups is 2. The Morgan fingerprint density at radius 2 is 1.75 bits per heavy atom. The van der Waals surface area contributed by atoms with Gasteiger partial charge in [0.2, 0.25) is 5.91 Å². The number of imidazole rings is 1. The van der Waals surface area contributed by atoms with Crippen LogP contribution in [0.2, 0.25) is 0 Å². The van der Waals surface area contributed by atoms with Crippen molar-refractivity contribution in [2.24, 2.45) is 0 Å². The first-order chi connectivity index (χ1) is 19.5. The van der Waals surface area contributed by atoms with Gasteiger partial charge in [-0.2, -0.15) is 0 Å². The van der Waals surface area contributed by atoms with E-state index >= 15 is 0 Å². The Hall–Kier alpha value is -4.79. The fraction of sp³-hybridized carbons (Fsp3) is 0.258. The largest absolute Gasteiger partial charge is 0.494 e. The average Bonchev–Trinajstić information content (AvgIpc) is 3.41. The van der Waals surface area contributed by atoms with Crippen molar-refractivity contribution in [3.05, 3.63) is 111 Å². The molecule has 9 heteroatoms. The normalized spacial score (nSPS) is 17.4. The Labute approximate surface area is 231 Å². The lowest BCUT2D eigenvalue weighted by Crippen LogP contribution is -2.41. The molecule has 4 aromatic rings. The zero-order valence-electron chi connectivity index (χ0n) is 21.9. The second kappa shape index (κ2) is 11.1. The number of aromatic amines is 2. The lowest BCUT2D eigenvalue weighted by Gasteiger charge is -2.37. The van der Waals surface area contributed by atoms with E-state index in [-0.39, 0.29) is 23.6 Å². The Morgan fingerprint density at radius 1 is 0.900 bits per heavy atom. The van der Waals surface area contributed by atoms with E-state index in [0.29, 0.717) is 62.6 Å². The van der Waals surface area contributed by atoms with Crippen molar-refractivity contribution in [2.75, 3.05) is 19.7 Å². The number of nitrogens with zero attached hydrogens (tertiary/aromatic N) is 1. The second-order valence-corrected chi connectivity index (χ2v) is 10.0. The second-order valence-electron chi connectivity index (χ2n) is 10.0. The smallest absolute Gasteiger partial charge is 0.323 e. The van der Waals surface area contributed by atoms with Crippen LogP contribution in [0.15, 0.2) is 77.7 Å². The van der Waals surface area contributed by atoms with Crippen molar-refractivity contribution < 1.29 is 19.1 Å². The lowest BCUT2D eigenvalue weighted by molar-refractivity contribution is -0.121. The Balaban J connectivity index is 1.38. The zero-order chi connectivity index (χ0) is 27.5. The molecule has 5 heterocycles. The number of amides is 2. The van der Waals surface area contributed by atoms with Gasteiger partial charge in [-0.05, 0) is 77.9 Å². The first kappa shape index (κ1) is 25.5. The molecular formula is C31H30N4O5. The Morgan fingerprint density at radius 3 is 2.58 bits per heavy atom. The van der Waals surface area contributed by atoms with Gasteiger partial charge in [0, 0.05) is 25.7 Å². The molecule has 0 fully saturated rings. The molecule has 1 aromatic heterocycles. The zero-order valence-corrected chi connectivity index (χ0v) is 21.9. The maximum atomic E-state index is 13.6. The SMILES string of the molecule is O=C1CCc2ccc(cc2)Oc2ccc3c(c2)CCN(C(=O)c2c[nH]c(=O)[nH]2)C3c2cccc(c2)OCCCN1. The highest BCUT2D eigenvalue weighted by atomic mass is 16.5. The minimum absolute atomic E-state index is 0.00959. The number of hydrogen-bond acceptors (Lipinski definition) is 5. The van der Waals surface area contributed by atoms with Crippen molar-refractivity contribution in [1.82, 2.24) is 20.2 Å². The van der Waals surface area contributed by atoms with E-state index in [2.05, 4.69) is 15.3 Å². The van der Waals surface area contributed by atoms with Crippen LogP contribution in [0.3, 0.4) is 0 Å². The van der Waals surface area contributed by atoms with Crippen molar-refractivity contribution in [1.29, 1.82) is 0 Å². The summed E-state index contributed by atoms with van der Waals surface area (Å²) in [5, 5.41) is 2.96. The predicted octanol–water partition coefficient (Wildman–Crippen LogP) is 4.11. The lowest BCUT2D eigenvalue weighted by atomic mass is 9.87. The van der Waals surface area contributed by atoms with E-state index in [1.54, 1.807) is 4.90 Å². The summed E-state index contributed by atoms with van der Waals surface area (Å²) in [6.45, 7) is 1.44. The molecule has 8 bridgehead atoms. The van der Waals surface area contributed by atoms with Gasteiger partial charge in [-0.1, -0.05) is 30.3 Å². The molecule has 3 N–H and O–H groups in total. The van der Waals surface area contributed by atoms with Crippen molar-refractivity contribution in [3.63, 3.8) is 0 Å². The highest BCUT2D eigenvalue weighted by Gasteiger charge is 2.33. The van der Waals surface area contributed by atoms with Crippen molar-refractivity contribution >= 4 is 11.8 Å². The van der Waals surface area contributed by atoms with Crippen LogP contribution in [0.1, 0.15) is 51.6 Å². The summed E-state index contributed by atoms with van der Waals surface area (Å²) in [6.07, 6.45) is 3.79. The number of aromatic nitrogens is 2. The van der Waals surface area contributed by atoms with Gasteiger partial charge in [0.1, 0.15) is 22.9 Å². The number of nitrogens with one attached hydrogen (secondary N) is 3. The molecule has 3 aromatic carbocycles. The minimum Gasteiger partial charge on any atom is -0.494 e. The summed E-state index contributed by atoms with van der Waals surface area (Å²) in [4.78, 5) is 44.5. The van der Waals surface area contributed by atoms with Gasteiger partial charge in [0.25, 0.3) is 5.91 Å². The molecule has 204 valence electrons. The van der Waals surface area contributed by atoms with Crippen LogP contribution >= 0.6 is 0 Å². The van der Waals surface area contributed by atoms with E-state index in [0.717, 1.165) is 22.3 Å². The van der Waals surface area contributed by atoms with Crippen LogP contribution in [0.5, 0.6) is 17.2 Å². The van der Waals surface area contributed by atoms with E-state index in [1.807, 2.05) is 66.7 Å². The molecule has 0 spiro atoms. The first-order valence-electron chi connectivity index (χ1n) is 13.5. The van der Waals surface area contributed by atoms with Gasteiger partial charge in [-0.3, -0.25) is 9.59 Å². The molecule has 1 atom stereocenters. The highest BCUT2D eigenvalue weighted by Crippen LogP contribution is 2.39. The standard InChI is InChI=1S/C31H30N4O5/c36-28-12-7-20-5-8-23(9-6-20)40-25-10-11-26-21(17-25)13-15-35(30(37)27-19-33-31(38)34-27)29(26)22-3-1-4-24(18-22)39-16-2-14-32-28/h1,3-6,8-11,17-19,29H,2,7,12-16H2,(H,32,36)(H2,33,34,38). The van der Waals surface area contributed by atoms with E-state index in [1.165, 1.54) is 6.20 Å². The van der Waals surface area contributed by atoms with Crippen LogP contribution in [0.25, 0.3) is 0 Å². The van der Waals surface area contributed by atoms with Crippen LogP contribution < -0.4 is 20.5 Å². The third-order valence-corrected chi connectivity index (χ3v) is 7.32. The fourth-order valence-electron chi connectivity index (χ4n) is 5.32. The van der Waals surface area contributed by atoms with E-state index in [9.17, 15) is 14.4 Å². The number of aryl methyl sites for hydroxylation is 1. The number of benzene rings is 3. The summed E-state index contributed by atoms with van der Waals surface area (Å²) in [6, 6.07) is 21.1. The first-order valence-corrected chi connectivity index (χ1v) is 13.5. The molecule has 4 aliphatic rings. The summed E-state index contributed by atoms with van der Waals surface area (Å²) in [7, 11) is 0. The van der Waals surface area contributed by atoms with Gasteiger partial charge >= 0.3 is 5.69 Å². The number of ether oxygens (including phenoxy) is 2. The molecule has 0 radical (unpaired) electrons. The summed E-state index contributed by atoms with van der Waals surface area (Å²) < 4.78 is 12.2. The third-order valence-electron chi connectivity index (χ3n) is 7.32. The highest BCUT2D eigenvalue weighted by molar-refractivity contribution is 5.93. The van der Waals surface area contributed by atoms with Gasteiger partial charge in [0.15, 0.2) is 0 Å². The molecule has 4 aliphatic heterocycles. The van der Waals surface area contributed by atoms with Gasteiger partial charge in [-0.15, -0.1) is 0 Å². The molecule has 0 aliphatic carbocycles. The molecule has 1 unspecified atom stereocenters. The molecule has 0 saturated heterocycles. The molecule has 40 heavy (non-hydrogen) atoms. The number of H-pyrrole nitrogens is 2. The molecule has 0 saturated carbocycles. The number of fused-ring (bicyclic) bond motifs is 1. The maximum absolute atomic E-state index is 13.6. The number of carbonyl (C=O) groups excluding carboxylic acids is 2. The summed E-state index contributed by atoms with van der Waals surface area (Å²) in [5.74, 6) is 1.86. The minimum atomic E-state index is -0.422. The molecule has 9 nitrogen and oxygen atoms in total. The van der Waals surface area contributed by atoms with Gasteiger partial charge in [0.05, 0.1) is 12.6 Å². The van der Waals surface area contributed by atoms with E-state index in [4.69, 9.17) is 9.47 Å². The number of hydrogen-bond donors (Lipinski definition) is 3. The third kappa shape index (κ3) is 5.49. The number of rotatable bonds is 1. The monoisotopic (exact) mass is 538 g/mol. The quantitative estimate of drug-likeness (QED) is 0.337. The average molecular weight is 539 g/mol. The summed E-state index contributed by atoms with van der Waals surface area (Å²) in [5.41, 5.74) is 3.84. The van der Waals surface area contributed by atoms with E-state index < -0.39 is 5.69 Å². The van der Waals surface area contributed by atoms with Gasteiger partial charge < -0.3 is 29.7 Å². The molecule has 2 amide bonds. The summed E-state index contributed by atoms with van der Waals surface area (Å²) >= 11 is 0.